The first-order valence-corrected chi connectivity index (χ1v) is 7.37. The summed E-state index contributed by atoms with van der Waals surface area (Å²) in [5.41, 5.74) is 0. The molecular formula is C16H30. The standard InChI is InChI=1S/C16H30/c1-4-16-11-7-5-6-9-14(2)13-15(3)10-8-12-16/h5-6,14-16H,4,7-13H2,1-3H3. The minimum absolute atomic E-state index is 0.882. The fourth-order valence-electron chi connectivity index (χ4n) is 2.99. The van der Waals surface area contributed by atoms with Gasteiger partial charge in [-0.2, -0.15) is 0 Å². The zero-order valence-corrected chi connectivity index (χ0v) is 11.5. The van der Waals surface area contributed by atoms with Gasteiger partial charge in [0.25, 0.3) is 0 Å². The summed E-state index contributed by atoms with van der Waals surface area (Å²) >= 11 is 0. The van der Waals surface area contributed by atoms with Crippen molar-refractivity contribution < 1.29 is 0 Å². The molecule has 3 atom stereocenters. The van der Waals surface area contributed by atoms with Crippen molar-refractivity contribution in [2.75, 3.05) is 0 Å². The Kier molecular flexibility index (Phi) is 6.84. The van der Waals surface area contributed by atoms with Gasteiger partial charge in [-0.15, -0.1) is 0 Å². The highest BCUT2D eigenvalue weighted by atomic mass is 14.2. The van der Waals surface area contributed by atoms with Crippen molar-refractivity contribution in [2.45, 2.75) is 72.1 Å². The van der Waals surface area contributed by atoms with Crippen molar-refractivity contribution in [1.29, 1.82) is 0 Å². The number of hydrogen-bond donors (Lipinski definition) is 0. The molecule has 1 rings (SSSR count). The molecule has 0 aromatic carbocycles. The number of rotatable bonds is 1. The minimum Gasteiger partial charge on any atom is -0.0885 e. The van der Waals surface area contributed by atoms with Crippen LogP contribution in [-0.2, 0) is 0 Å². The maximum absolute atomic E-state index is 2.44. The molecule has 1 aliphatic rings. The van der Waals surface area contributed by atoms with Crippen LogP contribution in [0.2, 0.25) is 0 Å². The van der Waals surface area contributed by atoms with Crippen LogP contribution in [0, 0.1) is 17.8 Å². The van der Waals surface area contributed by atoms with Gasteiger partial charge in [-0.1, -0.05) is 58.6 Å². The maximum Gasteiger partial charge on any atom is -0.0325 e. The van der Waals surface area contributed by atoms with Crippen LogP contribution in [0.3, 0.4) is 0 Å². The van der Waals surface area contributed by atoms with Gasteiger partial charge in [-0.05, 0) is 43.4 Å². The lowest BCUT2D eigenvalue weighted by molar-refractivity contribution is 0.351. The molecule has 0 radical (unpaired) electrons. The topological polar surface area (TPSA) is 0 Å². The van der Waals surface area contributed by atoms with Crippen molar-refractivity contribution in [3.05, 3.63) is 12.2 Å². The molecule has 0 spiro atoms. The molecule has 0 aromatic rings. The van der Waals surface area contributed by atoms with Crippen molar-refractivity contribution in [1.82, 2.24) is 0 Å². The molecule has 0 heterocycles. The number of allylic oxidation sites excluding steroid dienone is 2. The van der Waals surface area contributed by atoms with E-state index in [1.165, 1.54) is 51.4 Å². The summed E-state index contributed by atoms with van der Waals surface area (Å²) < 4.78 is 0. The fourth-order valence-corrected chi connectivity index (χ4v) is 2.99. The van der Waals surface area contributed by atoms with Gasteiger partial charge >= 0.3 is 0 Å². The monoisotopic (exact) mass is 222 g/mol. The first-order chi connectivity index (χ1) is 7.72. The molecule has 0 saturated carbocycles. The van der Waals surface area contributed by atoms with Gasteiger partial charge in [0, 0.05) is 0 Å². The average Bonchev–Trinajstić information content (AvgIpc) is 2.24. The van der Waals surface area contributed by atoms with Gasteiger partial charge in [0.2, 0.25) is 0 Å². The second kappa shape index (κ2) is 7.92. The van der Waals surface area contributed by atoms with Crippen molar-refractivity contribution in [2.24, 2.45) is 17.8 Å². The second-order valence-electron chi connectivity index (χ2n) is 5.94. The molecule has 94 valence electrons. The highest BCUT2D eigenvalue weighted by Gasteiger charge is 2.11. The Labute approximate surface area is 103 Å². The van der Waals surface area contributed by atoms with Gasteiger partial charge in [0.15, 0.2) is 0 Å². The lowest BCUT2D eigenvalue weighted by atomic mass is 9.87. The second-order valence-corrected chi connectivity index (χ2v) is 5.94. The van der Waals surface area contributed by atoms with Crippen LogP contribution >= 0.6 is 0 Å². The smallest absolute Gasteiger partial charge is 0.0325 e. The molecule has 0 bridgehead atoms. The average molecular weight is 222 g/mol. The van der Waals surface area contributed by atoms with E-state index < -0.39 is 0 Å². The summed E-state index contributed by atoms with van der Waals surface area (Å²) in [6.07, 6.45) is 16.0. The highest BCUT2D eigenvalue weighted by Crippen LogP contribution is 2.25. The molecule has 0 fully saturated rings. The molecular weight excluding hydrogens is 192 g/mol. The third-order valence-electron chi connectivity index (χ3n) is 4.14. The van der Waals surface area contributed by atoms with Gasteiger partial charge in [-0.25, -0.2) is 0 Å². The molecule has 0 heteroatoms. The first kappa shape index (κ1) is 13.8. The summed E-state index contributed by atoms with van der Waals surface area (Å²) in [4.78, 5) is 0. The molecule has 1 aliphatic carbocycles. The highest BCUT2D eigenvalue weighted by molar-refractivity contribution is 4.84. The van der Waals surface area contributed by atoms with Gasteiger partial charge < -0.3 is 0 Å². The summed E-state index contributed by atoms with van der Waals surface area (Å²) in [5, 5.41) is 0. The van der Waals surface area contributed by atoms with Gasteiger partial charge in [-0.3, -0.25) is 0 Å². The van der Waals surface area contributed by atoms with Gasteiger partial charge in [0.05, 0.1) is 0 Å². The molecule has 0 aromatic heterocycles. The van der Waals surface area contributed by atoms with E-state index in [0.29, 0.717) is 0 Å². The summed E-state index contributed by atoms with van der Waals surface area (Å²) in [7, 11) is 0. The van der Waals surface area contributed by atoms with E-state index in [0.717, 1.165) is 17.8 Å². The predicted octanol–water partition coefficient (Wildman–Crippen LogP) is 5.59. The summed E-state index contributed by atoms with van der Waals surface area (Å²) in [6.45, 7) is 7.19. The third kappa shape index (κ3) is 5.72. The van der Waals surface area contributed by atoms with Crippen LogP contribution in [0.15, 0.2) is 12.2 Å². The van der Waals surface area contributed by atoms with E-state index in [4.69, 9.17) is 0 Å². The summed E-state index contributed by atoms with van der Waals surface area (Å²) in [6, 6.07) is 0. The Morgan fingerprint density at radius 3 is 2.56 bits per heavy atom. The Hall–Kier alpha value is -0.260. The zero-order chi connectivity index (χ0) is 11.8. The van der Waals surface area contributed by atoms with E-state index >= 15 is 0 Å². The molecule has 0 saturated heterocycles. The summed E-state index contributed by atoms with van der Waals surface area (Å²) in [5.74, 6) is 2.79. The van der Waals surface area contributed by atoms with Gasteiger partial charge in [0.1, 0.15) is 0 Å². The molecule has 0 amide bonds. The van der Waals surface area contributed by atoms with Crippen LogP contribution in [0.25, 0.3) is 0 Å². The van der Waals surface area contributed by atoms with Crippen LogP contribution in [0.1, 0.15) is 72.1 Å². The minimum atomic E-state index is 0.882. The van der Waals surface area contributed by atoms with Crippen molar-refractivity contribution in [3.63, 3.8) is 0 Å². The normalized spacial score (nSPS) is 34.1. The zero-order valence-electron chi connectivity index (χ0n) is 11.5. The lowest BCUT2D eigenvalue weighted by Gasteiger charge is -2.19. The number of hydrogen-bond acceptors (Lipinski definition) is 0. The molecule has 0 nitrogen and oxygen atoms in total. The molecule has 0 aliphatic heterocycles. The third-order valence-corrected chi connectivity index (χ3v) is 4.14. The Morgan fingerprint density at radius 1 is 1.00 bits per heavy atom. The van der Waals surface area contributed by atoms with E-state index in [2.05, 4.69) is 32.9 Å². The van der Waals surface area contributed by atoms with Crippen LogP contribution in [0.4, 0.5) is 0 Å². The Morgan fingerprint density at radius 2 is 1.81 bits per heavy atom. The van der Waals surface area contributed by atoms with E-state index in [1.807, 2.05) is 0 Å². The molecule has 3 unspecified atom stereocenters. The predicted molar refractivity (Wildman–Crippen MR) is 73.6 cm³/mol. The van der Waals surface area contributed by atoms with E-state index in [1.54, 1.807) is 0 Å². The Balaban J connectivity index is 2.43. The molecule has 16 heavy (non-hydrogen) atoms. The Bertz CT molecular complexity index is 192. The van der Waals surface area contributed by atoms with Crippen molar-refractivity contribution >= 4 is 0 Å². The van der Waals surface area contributed by atoms with Crippen LogP contribution in [-0.4, -0.2) is 0 Å². The first-order valence-electron chi connectivity index (χ1n) is 7.37. The van der Waals surface area contributed by atoms with Crippen molar-refractivity contribution in [3.8, 4) is 0 Å². The SMILES string of the molecule is CCC1CCC=CCC(C)CC(C)CCC1. The van der Waals surface area contributed by atoms with Crippen LogP contribution < -0.4 is 0 Å². The molecule has 0 N–H and O–H groups in total. The van der Waals surface area contributed by atoms with E-state index in [9.17, 15) is 0 Å². The van der Waals surface area contributed by atoms with Crippen LogP contribution in [0.5, 0.6) is 0 Å². The maximum atomic E-state index is 2.44. The van der Waals surface area contributed by atoms with E-state index in [-0.39, 0.29) is 0 Å². The fraction of sp³-hybridized carbons (Fsp3) is 0.875. The lowest BCUT2D eigenvalue weighted by Crippen LogP contribution is -2.05. The quantitative estimate of drug-likeness (QED) is 0.508. The largest absolute Gasteiger partial charge is 0.0885 e.